The molecule has 3 rings (SSSR count). The Kier molecular flexibility index (Phi) is 13.9. The molecular formula is C20H27Cl2NOSi2Ti. The van der Waals surface area contributed by atoms with Gasteiger partial charge < -0.3 is 35.0 Å². The Morgan fingerprint density at radius 1 is 0.926 bits per heavy atom. The number of hydrogen-bond acceptors (Lipinski definition) is 1. The maximum atomic E-state index is 7.26. The van der Waals surface area contributed by atoms with E-state index in [1.807, 2.05) is 0 Å². The number of fused-ring (bicyclic) bond motifs is 3. The first-order valence-corrected chi connectivity index (χ1v) is 14.3. The zero-order chi connectivity index (χ0) is 17.7. The molecule has 0 saturated carbocycles. The van der Waals surface area contributed by atoms with Crippen LogP contribution in [-0.4, -0.2) is 28.6 Å². The van der Waals surface area contributed by atoms with Crippen LogP contribution in [0.2, 0.25) is 32.7 Å². The number of hydrogen-bond donors (Lipinski definition) is 0. The van der Waals surface area contributed by atoms with E-state index in [1.54, 1.807) is 0 Å². The van der Waals surface area contributed by atoms with Crippen LogP contribution in [0.5, 0.6) is 0 Å². The zero-order valence-electron chi connectivity index (χ0n) is 16.6. The van der Waals surface area contributed by atoms with Crippen LogP contribution >= 0.6 is 0 Å². The van der Waals surface area contributed by atoms with Gasteiger partial charge in [0, 0.05) is 13.8 Å². The molecular weight excluding hydrogens is 445 g/mol. The number of benzene rings is 2. The second-order valence-electron chi connectivity index (χ2n) is 7.13. The molecule has 0 radical (unpaired) electrons. The van der Waals surface area contributed by atoms with E-state index in [-0.39, 0.29) is 46.5 Å². The van der Waals surface area contributed by atoms with Gasteiger partial charge in [0.25, 0.3) is 0 Å². The first-order chi connectivity index (χ1) is 11.3. The first-order valence-electron chi connectivity index (χ1n) is 8.35. The number of rotatable bonds is 3. The fourth-order valence-electron chi connectivity index (χ4n) is 2.59. The minimum Gasteiger partial charge on any atom is -1.00 e. The third-order valence-electron chi connectivity index (χ3n) is 3.67. The Morgan fingerprint density at radius 2 is 1.33 bits per heavy atom. The van der Waals surface area contributed by atoms with Gasteiger partial charge in [0.05, 0.1) is 0 Å². The molecule has 3 aromatic rings. The largest absolute Gasteiger partial charge is 4.00 e. The molecule has 1 N–H and O–H groups in total. The second kappa shape index (κ2) is 13.0. The third-order valence-corrected chi connectivity index (χ3v) is 6.13. The minimum absolute atomic E-state index is 0. The topological polar surface area (TPSA) is 33.0 Å². The van der Waals surface area contributed by atoms with E-state index >= 15 is 0 Å². The average molecular weight is 472 g/mol. The molecule has 7 heteroatoms. The Labute approximate surface area is 193 Å². The van der Waals surface area contributed by atoms with Crippen molar-refractivity contribution in [3.63, 3.8) is 0 Å². The van der Waals surface area contributed by atoms with Crippen molar-refractivity contribution < 1.29 is 51.0 Å². The van der Waals surface area contributed by atoms with E-state index in [2.05, 4.69) is 87.3 Å². The second-order valence-corrected chi connectivity index (χ2v) is 14.1. The van der Waals surface area contributed by atoms with Crippen LogP contribution in [0.3, 0.4) is 0 Å². The fourth-order valence-corrected chi connectivity index (χ4v) is 5.49. The summed E-state index contributed by atoms with van der Waals surface area (Å²) in [7, 11) is -1.95. The summed E-state index contributed by atoms with van der Waals surface area (Å²) in [5.74, 6) is 0. The summed E-state index contributed by atoms with van der Waals surface area (Å²) in [6, 6.07) is 19.3. The molecule has 0 amide bonds. The van der Waals surface area contributed by atoms with Crippen LogP contribution < -0.4 is 24.8 Å². The Hall–Kier alpha value is -0.332. The van der Waals surface area contributed by atoms with Gasteiger partial charge >= 0.3 is 21.7 Å². The van der Waals surface area contributed by atoms with Crippen LogP contribution in [0.15, 0.2) is 54.6 Å². The van der Waals surface area contributed by atoms with Crippen molar-refractivity contribution in [1.82, 2.24) is 0 Å². The van der Waals surface area contributed by atoms with Crippen molar-refractivity contribution in [2.24, 2.45) is 0 Å². The van der Waals surface area contributed by atoms with Crippen molar-refractivity contribution in [3.8, 4) is 0 Å². The van der Waals surface area contributed by atoms with Gasteiger partial charge in [-0.1, -0.05) is 56.0 Å². The van der Waals surface area contributed by atoms with Gasteiger partial charge in [-0.2, -0.15) is 0 Å². The van der Waals surface area contributed by atoms with Gasteiger partial charge in [0.2, 0.25) is 8.32 Å². The molecule has 0 aromatic heterocycles. The van der Waals surface area contributed by atoms with E-state index in [9.17, 15) is 0 Å². The predicted octanol–water partition coefficient (Wildman–Crippen LogP) is 0.0735. The van der Waals surface area contributed by atoms with Gasteiger partial charge in [-0.15, -0.1) is 39.7 Å². The normalized spacial score (nSPS) is 9.85. The van der Waals surface area contributed by atoms with E-state index < -0.39 is 16.7 Å². The number of nitrogens with one attached hydrogen (secondary N) is 1. The van der Waals surface area contributed by atoms with Crippen molar-refractivity contribution in [1.29, 1.82) is 0 Å². The van der Waals surface area contributed by atoms with Gasteiger partial charge in [0.15, 0.2) is 0 Å². The molecule has 2 nitrogen and oxygen atoms in total. The van der Waals surface area contributed by atoms with Crippen molar-refractivity contribution in [2.75, 3.05) is 6.54 Å². The summed E-state index contributed by atoms with van der Waals surface area (Å²) < 4.78 is 5.76. The molecule has 0 aliphatic rings. The summed E-state index contributed by atoms with van der Waals surface area (Å²) in [6.45, 7) is 11.2. The molecule has 0 fully saturated rings. The van der Waals surface area contributed by atoms with Crippen molar-refractivity contribution in [3.05, 3.63) is 60.3 Å². The minimum atomic E-state index is -1.44. The monoisotopic (exact) mass is 471 g/mol. The molecule has 0 aliphatic heterocycles. The molecule has 144 valence electrons. The van der Waals surface area contributed by atoms with Gasteiger partial charge in [-0.25, -0.2) is 0 Å². The zero-order valence-corrected chi connectivity index (χ0v) is 21.6. The van der Waals surface area contributed by atoms with Crippen LogP contribution in [-0.2, 0) is 26.1 Å². The van der Waals surface area contributed by atoms with E-state index in [0.29, 0.717) is 6.54 Å². The van der Waals surface area contributed by atoms with Crippen LogP contribution in [0.4, 0.5) is 0 Å². The molecule has 0 atom stereocenters. The maximum Gasteiger partial charge on any atom is 4.00 e. The van der Waals surface area contributed by atoms with Crippen molar-refractivity contribution >= 4 is 43.6 Å². The van der Waals surface area contributed by atoms with E-state index in [1.165, 1.54) is 21.5 Å². The van der Waals surface area contributed by atoms with Gasteiger partial charge in [-0.3, -0.25) is 0 Å². The fraction of sp³-hybridized carbons (Fsp3) is 0.300. The Bertz CT molecular complexity index is 805. The predicted molar refractivity (Wildman–Crippen MR) is 113 cm³/mol. The Morgan fingerprint density at radius 3 is 1.63 bits per heavy atom. The third kappa shape index (κ3) is 8.69. The van der Waals surface area contributed by atoms with E-state index in [0.717, 1.165) is 5.35 Å². The molecule has 0 unspecified atom stereocenters. The standard InChI is InChI=1S/C13H9.C7H18NOSi2.2ClH.Ti/c1-3-7-12-10(5-1)9-11-6-2-4-8-13(11)12;1-10(2)7(6-8)9-11(3,4)5;;;/h1-9H;8H,6H2,1-5H3;2*1H;/q2*-1;;;+4/p-2. The molecule has 27 heavy (non-hydrogen) atoms. The number of halogens is 2. The molecule has 0 spiro atoms. The van der Waals surface area contributed by atoms with Gasteiger partial charge in [0.1, 0.15) is 0 Å². The van der Waals surface area contributed by atoms with Crippen LogP contribution in [0.1, 0.15) is 0 Å². The Balaban J connectivity index is 0. The first kappa shape index (κ1) is 28.9. The summed E-state index contributed by atoms with van der Waals surface area (Å²) in [5.41, 5.74) is 7.26. The van der Waals surface area contributed by atoms with Crippen LogP contribution in [0.25, 0.3) is 27.3 Å². The summed E-state index contributed by atoms with van der Waals surface area (Å²) >= 11 is 0. The average Bonchev–Trinajstić information content (AvgIpc) is 2.91. The van der Waals surface area contributed by atoms with Crippen LogP contribution in [0, 0.1) is 0 Å². The van der Waals surface area contributed by atoms with E-state index in [4.69, 9.17) is 10.2 Å². The SMILES string of the molecule is C[Si](C)=C(C[NH-])O[Si](C)(C)C.[Cl-].[Cl-].[Ti+4].c1ccc2c(c1)[cH-]c1ccccc12. The molecule has 0 bridgehead atoms. The van der Waals surface area contributed by atoms with Gasteiger partial charge in [-0.05, 0) is 19.6 Å². The smallest absolute Gasteiger partial charge is 1.00 e. The van der Waals surface area contributed by atoms with Crippen molar-refractivity contribution in [2.45, 2.75) is 32.7 Å². The molecule has 3 aromatic carbocycles. The summed E-state index contributed by atoms with van der Waals surface area (Å²) in [5, 5.41) is 6.43. The molecule has 0 heterocycles. The maximum absolute atomic E-state index is 7.26. The summed E-state index contributed by atoms with van der Waals surface area (Å²) in [6.07, 6.45) is 0. The molecule has 0 saturated heterocycles. The summed E-state index contributed by atoms with van der Waals surface area (Å²) in [4.78, 5) is 0. The molecule has 0 aliphatic carbocycles. The quantitative estimate of drug-likeness (QED) is 0.393.